The van der Waals surface area contributed by atoms with Gasteiger partial charge in [0.15, 0.2) is 0 Å². The van der Waals surface area contributed by atoms with Gasteiger partial charge in [-0.3, -0.25) is 0 Å². The van der Waals surface area contributed by atoms with E-state index in [1.165, 1.54) is 0 Å². The molecule has 14 heavy (non-hydrogen) atoms. The number of hydrogen-bond donors (Lipinski definition) is 2. The minimum absolute atomic E-state index is 0.00590. The van der Waals surface area contributed by atoms with Crippen molar-refractivity contribution in [2.45, 2.75) is 38.0 Å². The van der Waals surface area contributed by atoms with Crippen LogP contribution in [-0.4, -0.2) is 26.3 Å². The first-order valence-corrected chi connectivity index (χ1v) is 5.89. The summed E-state index contributed by atoms with van der Waals surface area (Å²) in [5.74, 6) is -3.41. The molecule has 0 heterocycles. The van der Waals surface area contributed by atoms with Gasteiger partial charge in [-0.2, -0.15) is 8.78 Å². The maximum Gasteiger partial charge on any atom is 0.350 e. The molecule has 0 aromatic rings. The SMILES string of the molecule is CCC(CC)(CN)NS(=O)(=O)C(F)F. The van der Waals surface area contributed by atoms with Gasteiger partial charge < -0.3 is 5.73 Å². The van der Waals surface area contributed by atoms with Gasteiger partial charge >= 0.3 is 5.76 Å². The van der Waals surface area contributed by atoms with Crippen molar-refractivity contribution < 1.29 is 17.2 Å². The van der Waals surface area contributed by atoms with E-state index in [4.69, 9.17) is 5.73 Å². The van der Waals surface area contributed by atoms with Crippen LogP contribution < -0.4 is 10.5 Å². The lowest BCUT2D eigenvalue weighted by Crippen LogP contribution is -2.54. The molecule has 0 rings (SSSR count). The largest absolute Gasteiger partial charge is 0.350 e. The molecule has 0 saturated heterocycles. The normalized spacial score (nSPS) is 13.6. The van der Waals surface area contributed by atoms with Crippen molar-refractivity contribution >= 4 is 10.0 Å². The maximum atomic E-state index is 12.1. The first kappa shape index (κ1) is 13.7. The molecular formula is C7H16F2N2O2S. The van der Waals surface area contributed by atoms with Gasteiger partial charge in [0.1, 0.15) is 0 Å². The third-order valence-corrected chi connectivity index (χ3v) is 3.52. The zero-order valence-corrected chi connectivity index (χ0v) is 9.07. The summed E-state index contributed by atoms with van der Waals surface area (Å²) in [6.45, 7) is 3.40. The van der Waals surface area contributed by atoms with Crippen molar-refractivity contribution in [3.63, 3.8) is 0 Å². The van der Waals surface area contributed by atoms with Crippen LogP contribution in [0.5, 0.6) is 0 Å². The third kappa shape index (κ3) is 3.14. The molecule has 0 radical (unpaired) electrons. The van der Waals surface area contributed by atoms with E-state index >= 15 is 0 Å². The van der Waals surface area contributed by atoms with Crippen LogP contribution in [-0.2, 0) is 10.0 Å². The van der Waals surface area contributed by atoms with Crippen LogP contribution in [0.4, 0.5) is 8.78 Å². The molecule has 0 atom stereocenters. The molecule has 0 amide bonds. The first-order chi connectivity index (χ1) is 6.33. The molecule has 3 N–H and O–H groups in total. The molecule has 0 aliphatic carbocycles. The van der Waals surface area contributed by atoms with E-state index in [-0.39, 0.29) is 6.54 Å². The molecular weight excluding hydrogens is 214 g/mol. The van der Waals surface area contributed by atoms with E-state index in [0.717, 1.165) is 0 Å². The molecule has 0 aliphatic rings. The van der Waals surface area contributed by atoms with E-state index in [0.29, 0.717) is 12.8 Å². The van der Waals surface area contributed by atoms with Gasteiger partial charge in [-0.15, -0.1) is 0 Å². The van der Waals surface area contributed by atoms with Crippen molar-refractivity contribution in [1.29, 1.82) is 0 Å². The molecule has 0 bridgehead atoms. The standard InChI is InChI=1S/C7H16F2N2O2S/c1-3-7(4-2,5-10)11-14(12,13)6(8)9/h6,11H,3-5,10H2,1-2H3. The molecule has 4 nitrogen and oxygen atoms in total. The molecule has 0 unspecified atom stereocenters. The highest BCUT2D eigenvalue weighted by atomic mass is 32.2. The molecule has 0 aromatic heterocycles. The summed E-state index contributed by atoms with van der Waals surface area (Å²) >= 11 is 0. The van der Waals surface area contributed by atoms with Gasteiger partial charge in [0, 0.05) is 12.1 Å². The lowest BCUT2D eigenvalue weighted by atomic mass is 9.95. The monoisotopic (exact) mass is 230 g/mol. The number of alkyl halides is 2. The Morgan fingerprint density at radius 1 is 1.36 bits per heavy atom. The maximum absolute atomic E-state index is 12.1. The van der Waals surface area contributed by atoms with E-state index in [1.807, 2.05) is 4.72 Å². The molecule has 0 saturated carbocycles. The smallest absolute Gasteiger partial charge is 0.329 e. The number of rotatable bonds is 6. The predicted molar refractivity (Wildman–Crippen MR) is 50.4 cm³/mol. The molecule has 0 spiro atoms. The van der Waals surface area contributed by atoms with Crippen LogP contribution in [0, 0.1) is 0 Å². The molecule has 0 aromatic carbocycles. The summed E-state index contributed by atoms with van der Waals surface area (Å²) in [6, 6.07) is 0. The Kier molecular flexibility index (Phi) is 4.90. The Labute approximate surface area is 82.9 Å². The van der Waals surface area contributed by atoms with Crippen LogP contribution in [0.3, 0.4) is 0 Å². The second kappa shape index (κ2) is 4.99. The first-order valence-electron chi connectivity index (χ1n) is 4.34. The van der Waals surface area contributed by atoms with Crippen molar-refractivity contribution in [3.05, 3.63) is 0 Å². The number of nitrogens with one attached hydrogen (secondary N) is 1. The van der Waals surface area contributed by atoms with Gasteiger partial charge in [0.2, 0.25) is 0 Å². The number of sulfonamides is 1. The van der Waals surface area contributed by atoms with Gasteiger partial charge in [-0.05, 0) is 12.8 Å². The number of hydrogen-bond acceptors (Lipinski definition) is 3. The lowest BCUT2D eigenvalue weighted by molar-refractivity contribution is 0.226. The van der Waals surface area contributed by atoms with E-state index in [9.17, 15) is 17.2 Å². The Hall–Kier alpha value is -0.270. The van der Waals surface area contributed by atoms with Gasteiger partial charge in [-0.25, -0.2) is 13.1 Å². The average molecular weight is 230 g/mol. The van der Waals surface area contributed by atoms with Crippen LogP contribution in [0.15, 0.2) is 0 Å². The van der Waals surface area contributed by atoms with Crippen molar-refractivity contribution in [1.82, 2.24) is 4.72 Å². The number of nitrogens with two attached hydrogens (primary N) is 1. The minimum atomic E-state index is -4.56. The second-order valence-corrected chi connectivity index (χ2v) is 4.75. The zero-order chi connectivity index (χ0) is 11.4. The van der Waals surface area contributed by atoms with E-state index in [1.54, 1.807) is 13.8 Å². The fourth-order valence-electron chi connectivity index (χ4n) is 1.07. The average Bonchev–Trinajstić information content (AvgIpc) is 2.14. The lowest BCUT2D eigenvalue weighted by Gasteiger charge is -2.30. The van der Waals surface area contributed by atoms with E-state index < -0.39 is 21.3 Å². The molecule has 86 valence electrons. The fourth-order valence-corrected chi connectivity index (χ4v) is 2.14. The highest BCUT2D eigenvalue weighted by molar-refractivity contribution is 7.89. The summed E-state index contributed by atoms with van der Waals surface area (Å²) in [4.78, 5) is 0. The Morgan fingerprint density at radius 2 is 1.79 bits per heavy atom. The van der Waals surface area contributed by atoms with Crippen molar-refractivity contribution in [2.75, 3.05) is 6.54 Å². The summed E-state index contributed by atoms with van der Waals surface area (Å²) in [5.41, 5.74) is 4.42. The quantitative estimate of drug-likeness (QED) is 0.703. The summed E-state index contributed by atoms with van der Waals surface area (Å²) in [6.07, 6.45) is 0.762. The van der Waals surface area contributed by atoms with Gasteiger partial charge in [0.25, 0.3) is 10.0 Å². The molecule has 7 heteroatoms. The molecule has 0 aliphatic heterocycles. The summed E-state index contributed by atoms with van der Waals surface area (Å²) in [5, 5.41) is 0. The summed E-state index contributed by atoms with van der Waals surface area (Å²) < 4.78 is 47.9. The van der Waals surface area contributed by atoms with Crippen LogP contribution in [0.1, 0.15) is 26.7 Å². The Bertz CT molecular complexity index is 255. The molecule has 0 fully saturated rings. The topological polar surface area (TPSA) is 72.2 Å². The second-order valence-electron chi connectivity index (χ2n) is 3.10. The van der Waals surface area contributed by atoms with Gasteiger partial charge in [-0.1, -0.05) is 13.8 Å². The van der Waals surface area contributed by atoms with Gasteiger partial charge in [0.05, 0.1) is 0 Å². The predicted octanol–water partition coefficient (Wildman–Crippen LogP) is 0.646. The van der Waals surface area contributed by atoms with Crippen molar-refractivity contribution in [3.8, 4) is 0 Å². The third-order valence-electron chi connectivity index (χ3n) is 2.34. The Balaban J connectivity index is 4.78. The van der Waals surface area contributed by atoms with Crippen LogP contribution >= 0.6 is 0 Å². The summed E-state index contributed by atoms with van der Waals surface area (Å²) in [7, 11) is -4.56. The van der Waals surface area contributed by atoms with Crippen LogP contribution in [0.25, 0.3) is 0 Å². The highest BCUT2D eigenvalue weighted by Crippen LogP contribution is 2.17. The van der Waals surface area contributed by atoms with E-state index in [2.05, 4.69) is 0 Å². The Morgan fingerprint density at radius 3 is 2.00 bits per heavy atom. The van der Waals surface area contributed by atoms with Crippen molar-refractivity contribution in [2.24, 2.45) is 5.73 Å². The minimum Gasteiger partial charge on any atom is -0.329 e. The van der Waals surface area contributed by atoms with Crippen LogP contribution in [0.2, 0.25) is 0 Å². The fraction of sp³-hybridized carbons (Fsp3) is 1.00. The zero-order valence-electron chi connectivity index (χ0n) is 8.26. The number of halogens is 2. The highest BCUT2D eigenvalue weighted by Gasteiger charge is 2.34.